The highest BCUT2D eigenvalue weighted by molar-refractivity contribution is 6.46. The largest absolute Gasteiger partial charge is 0.310 e. The molecule has 7 rings (SSSR count). The summed E-state index contributed by atoms with van der Waals surface area (Å²) in [4.78, 5) is 42.5. The molecular formula is C32H30FN5O2. The van der Waals surface area contributed by atoms with Gasteiger partial charge in [-0.05, 0) is 67.5 Å². The first-order valence-corrected chi connectivity index (χ1v) is 14.1. The van der Waals surface area contributed by atoms with Crippen molar-refractivity contribution in [3.05, 3.63) is 94.7 Å². The number of hydrogen-bond donors (Lipinski definition) is 1. The molecule has 0 bridgehead atoms. The maximum Gasteiger partial charge on any atom is 0.275 e. The van der Waals surface area contributed by atoms with Crippen molar-refractivity contribution in [3.63, 3.8) is 0 Å². The van der Waals surface area contributed by atoms with Crippen molar-refractivity contribution >= 4 is 29.4 Å². The fourth-order valence-electron chi connectivity index (χ4n) is 6.91. The summed E-state index contributed by atoms with van der Waals surface area (Å²) in [5.74, 6) is -0.0272. The number of carbonyl (C=O) groups excluding carboxylic acids is 2. The lowest BCUT2D eigenvalue weighted by Gasteiger charge is -2.35. The standard InChI is InChI=1S/C32H30FN5O2/c33-25-12-4-3-10-23(25)27-29(39)38(32(37-27)13-5-1-2-6-14-32)16-8-9-21-17-22-18-31(19-26(22)35-20-21)24-11-7-15-34-28(24)36-30(31)40/h3-4,7-12,15,17,20H,1-2,5-6,13-14,16,18-19H2,(H,34,36,40). The maximum atomic E-state index is 14.7. The summed E-state index contributed by atoms with van der Waals surface area (Å²) in [6.07, 6.45) is 14.4. The molecule has 202 valence electrons. The first-order valence-electron chi connectivity index (χ1n) is 14.1. The van der Waals surface area contributed by atoms with Crippen molar-refractivity contribution in [3.8, 4) is 0 Å². The van der Waals surface area contributed by atoms with E-state index in [0.29, 0.717) is 25.2 Å². The van der Waals surface area contributed by atoms with Gasteiger partial charge < -0.3 is 10.2 Å². The second-order valence-corrected chi connectivity index (χ2v) is 11.3. The van der Waals surface area contributed by atoms with Crippen LogP contribution in [0.3, 0.4) is 0 Å². The Bertz CT molecular complexity index is 1590. The molecule has 1 saturated carbocycles. The summed E-state index contributed by atoms with van der Waals surface area (Å²) in [6, 6.07) is 12.3. The molecule has 2 aliphatic heterocycles. The number of nitrogens with one attached hydrogen (secondary N) is 1. The van der Waals surface area contributed by atoms with Gasteiger partial charge in [-0.15, -0.1) is 0 Å². The van der Waals surface area contributed by atoms with E-state index in [1.165, 1.54) is 6.07 Å². The Labute approximate surface area is 232 Å². The number of aromatic nitrogens is 2. The zero-order valence-electron chi connectivity index (χ0n) is 22.2. The van der Waals surface area contributed by atoms with Crippen molar-refractivity contribution in [2.24, 2.45) is 4.99 Å². The smallest absolute Gasteiger partial charge is 0.275 e. The van der Waals surface area contributed by atoms with E-state index in [4.69, 9.17) is 9.98 Å². The van der Waals surface area contributed by atoms with E-state index in [2.05, 4.69) is 16.4 Å². The van der Waals surface area contributed by atoms with Gasteiger partial charge in [-0.25, -0.2) is 9.37 Å². The van der Waals surface area contributed by atoms with Crippen LogP contribution in [-0.2, 0) is 27.8 Å². The van der Waals surface area contributed by atoms with E-state index in [1.807, 2.05) is 35.4 Å². The Balaban J connectivity index is 1.13. The quantitative estimate of drug-likeness (QED) is 0.509. The van der Waals surface area contributed by atoms with Crippen LogP contribution >= 0.6 is 0 Å². The molecule has 8 heteroatoms. The number of anilines is 1. The number of aliphatic imine (C=N–C) groups is 1. The minimum atomic E-state index is -0.657. The number of benzene rings is 1. The lowest BCUT2D eigenvalue weighted by molar-refractivity contribution is -0.127. The number of amides is 2. The molecule has 4 aliphatic rings. The van der Waals surface area contributed by atoms with E-state index in [9.17, 15) is 14.0 Å². The topological polar surface area (TPSA) is 87.5 Å². The van der Waals surface area contributed by atoms with Crippen LogP contribution in [0.4, 0.5) is 10.2 Å². The van der Waals surface area contributed by atoms with Gasteiger partial charge in [0, 0.05) is 42.2 Å². The highest BCUT2D eigenvalue weighted by Gasteiger charge is 2.51. The molecule has 2 aliphatic carbocycles. The minimum absolute atomic E-state index is 0.0248. The Morgan fingerprint density at radius 1 is 1.00 bits per heavy atom. The van der Waals surface area contributed by atoms with Gasteiger partial charge >= 0.3 is 0 Å². The van der Waals surface area contributed by atoms with Gasteiger partial charge in [-0.1, -0.05) is 43.2 Å². The van der Waals surface area contributed by atoms with Crippen molar-refractivity contribution in [1.82, 2.24) is 14.9 Å². The fraction of sp³-hybridized carbons (Fsp3) is 0.344. The summed E-state index contributed by atoms with van der Waals surface area (Å²) < 4.78 is 14.7. The lowest BCUT2D eigenvalue weighted by Crippen LogP contribution is -2.46. The minimum Gasteiger partial charge on any atom is -0.310 e. The maximum absolute atomic E-state index is 14.7. The van der Waals surface area contributed by atoms with E-state index in [1.54, 1.807) is 24.4 Å². The molecule has 1 aromatic carbocycles. The molecule has 0 radical (unpaired) electrons. The van der Waals surface area contributed by atoms with Crippen LogP contribution < -0.4 is 5.32 Å². The molecule has 1 N–H and O–H groups in total. The zero-order chi connectivity index (χ0) is 27.3. The van der Waals surface area contributed by atoms with E-state index >= 15 is 0 Å². The van der Waals surface area contributed by atoms with Crippen molar-refractivity contribution in [2.75, 3.05) is 11.9 Å². The molecule has 2 amide bonds. The van der Waals surface area contributed by atoms with Gasteiger partial charge in [0.2, 0.25) is 5.91 Å². The normalized spacial score (nSPS) is 23.0. The molecule has 0 saturated heterocycles. The van der Waals surface area contributed by atoms with Crippen LogP contribution in [-0.4, -0.2) is 44.6 Å². The molecule has 40 heavy (non-hydrogen) atoms. The summed E-state index contributed by atoms with van der Waals surface area (Å²) in [5.41, 5.74) is 3.04. The monoisotopic (exact) mass is 535 g/mol. The molecular weight excluding hydrogens is 505 g/mol. The average molecular weight is 536 g/mol. The summed E-state index contributed by atoms with van der Waals surface area (Å²) in [5, 5.41) is 2.94. The Kier molecular flexibility index (Phi) is 5.87. The van der Waals surface area contributed by atoms with Crippen molar-refractivity contribution in [1.29, 1.82) is 0 Å². The molecule has 3 aromatic rings. The second-order valence-electron chi connectivity index (χ2n) is 11.3. The molecule has 1 fully saturated rings. The molecule has 4 heterocycles. The van der Waals surface area contributed by atoms with Crippen LogP contribution in [0.25, 0.3) is 6.08 Å². The highest BCUT2D eigenvalue weighted by Crippen LogP contribution is 2.46. The summed E-state index contributed by atoms with van der Waals surface area (Å²) in [6.45, 7) is 0.378. The Morgan fingerprint density at radius 2 is 1.82 bits per heavy atom. The Morgan fingerprint density at radius 3 is 2.65 bits per heavy atom. The number of fused-ring (bicyclic) bond motifs is 3. The number of pyridine rings is 2. The van der Waals surface area contributed by atoms with E-state index < -0.39 is 16.9 Å². The van der Waals surface area contributed by atoms with Gasteiger partial charge in [0.25, 0.3) is 5.91 Å². The van der Waals surface area contributed by atoms with Gasteiger partial charge in [-0.3, -0.25) is 19.6 Å². The zero-order valence-corrected chi connectivity index (χ0v) is 22.2. The predicted octanol–water partition coefficient (Wildman–Crippen LogP) is 5.00. The number of hydrogen-bond acceptors (Lipinski definition) is 5. The third kappa shape index (κ3) is 3.88. The van der Waals surface area contributed by atoms with Gasteiger partial charge in [0.05, 0.1) is 5.41 Å². The summed E-state index contributed by atoms with van der Waals surface area (Å²) in [7, 11) is 0. The second kappa shape index (κ2) is 9.47. The van der Waals surface area contributed by atoms with Crippen LogP contribution in [0.5, 0.6) is 0 Å². The van der Waals surface area contributed by atoms with E-state index in [0.717, 1.165) is 60.9 Å². The molecule has 7 nitrogen and oxygen atoms in total. The van der Waals surface area contributed by atoms with Crippen LogP contribution in [0.15, 0.2) is 65.9 Å². The van der Waals surface area contributed by atoms with Crippen LogP contribution in [0.2, 0.25) is 0 Å². The van der Waals surface area contributed by atoms with Crippen molar-refractivity contribution < 1.29 is 14.0 Å². The molecule has 2 aromatic heterocycles. The first-order chi connectivity index (χ1) is 19.5. The van der Waals surface area contributed by atoms with Gasteiger partial charge in [0.15, 0.2) is 0 Å². The lowest BCUT2D eigenvalue weighted by atomic mass is 9.80. The predicted molar refractivity (Wildman–Crippen MR) is 150 cm³/mol. The highest BCUT2D eigenvalue weighted by atomic mass is 19.1. The molecule has 2 spiro atoms. The number of rotatable bonds is 4. The number of nitrogens with zero attached hydrogens (tertiary/aromatic N) is 4. The molecule has 1 atom stereocenters. The fourth-order valence-corrected chi connectivity index (χ4v) is 6.91. The Hall–Kier alpha value is -4.20. The average Bonchev–Trinajstić information content (AvgIpc) is 3.48. The van der Waals surface area contributed by atoms with Gasteiger partial charge in [0.1, 0.15) is 23.0 Å². The number of carbonyl (C=O) groups is 2. The van der Waals surface area contributed by atoms with Crippen LogP contribution in [0.1, 0.15) is 66.5 Å². The van der Waals surface area contributed by atoms with Gasteiger partial charge in [-0.2, -0.15) is 0 Å². The summed E-state index contributed by atoms with van der Waals surface area (Å²) >= 11 is 0. The first kappa shape index (κ1) is 24.8. The molecule has 1 unspecified atom stereocenters. The van der Waals surface area contributed by atoms with E-state index in [-0.39, 0.29) is 23.1 Å². The van der Waals surface area contributed by atoms with Crippen LogP contribution in [0, 0.1) is 5.82 Å². The third-order valence-corrected chi connectivity index (χ3v) is 8.93. The van der Waals surface area contributed by atoms with Crippen molar-refractivity contribution in [2.45, 2.75) is 62.4 Å². The third-order valence-electron chi connectivity index (χ3n) is 8.93. The number of halogens is 1. The SMILES string of the molecule is O=C1C(c2ccccc2F)=NC2(CCCCCC2)N1CC=Cc1cnc2c(c1)CC1(C2)C(=O)Nc2ncccc21.